The number of H-pyrrole nitrogens is 1. The summed E-state index contributed by atoms with van der Waals surface area (Å²) in [5.74, 6) is 1.95. The number of benzene rings is 1. The number of nitrogen functional groups attached to an aromatic ring is 1. The summed E-state index contributed by atoms with van der Waals surface area (Å²) in [5, 5.41) is 21.8. The lowest BCUT2D eigenvalue weighted by molar-refractivity contribution is -0.0620. The molecule has 0 amide bonds. The number of aromatic amines is 1. The van der Waals surface area contributed by atoms with Crippen molar-refractivity contribution >= 4 is 28.0 Å². The Morgan fingerprint density at radius 2 is 1.93 bits per heavy atom. The number of fused-ring (bicyclic) bond motifs is 2. The molecule has 11 heteroatoms. The number of ether oxygens (including phenoxy) is 1. The van der Waals surface area contributed by atoms with Gasteiger partial charge >= 0.3 is 0 Å². The number of hydrogen-bond donors (Lipinski definition) is 4. The van der Waals surface area contributed by atoms with E-state index in [1.54, 1.807) is 4.57 Å². The summed E-state index contributed by atoms with van der Waals surface area (Å²) in [5.41, 5.74) is 10.4. The lowest BCUT2D eigenvalue weighted by Gasteiger charge is -2.46. The zero-order valence-corrected chi connectivity index (χ0v) is 24.5. The number of aliphatic hydroxyl groups excluding tert-OH is 2. The van der Waals surface area contributed by atoms with Crippen LogP contribution in [0.25, 0.3) is 22.2 Å². The largest absolute Gasteiger partial charge is 0.387 e. The van der Waals surface area contributed by atoms with Crippen molar-refractivity contribution < 1.29 is 14.9 Å². The molecular formula is C30H42N8O3. The minimum absolute atomic E-state index is 0.110. The molecule has 0 bridgehead atoms. The number of nitrogens with zero attached hydrogens (tertiary/aromatic N) is 6. The van der Waals surface area contributed by atoms with Crippen LogP contribution in [-0.4, -0.2) is 81.5 Å². The summed E-state index contributed by atoms with van der Waals surface area (Å²) in [6, 6.07) is 7.22. The highest BCUT2D eigenvalue weighted by Crippen LogP contribution is 2.38. The molecule has 2 fully saturated rings. The highest BCUT2D eigenvalue weighted by molar-refractivity contribution is 5.81. The number of aromatic nitrogens is 6. The number of anilines is 1. The lowest BCUT2D eigenvalue weighted by Crippen LogP contribution is -2.52. The Balaban J connectivity index is 1.06. The Hall–Kier alpha value is -3.12. The second-order valence-corrected chi connectivity index (χ2v) is 13.1. The molecule has 4 aromatic rings. The van der Waals surface area contributed by atoms with E-state index in [4.69, 9.17) is 15.5 Å². The van der Waals surface area contributed by atoms with Crippen molar-refractivity contribution in [1.29, 1.82) is 0 Å². The molecule has 1 saturated carbocycles. The molecule has 4 heterocycles. The number of imidazole rings is 2. The van der Waals surface area contributed by atoms with Gasteiger partial charge in [0.25, 0.3) is 0 Å². The van der Waals surface area contributed by atoms with Crippen molar-refractivity contribution in [2.75, 3.05) is 12.3 Å². The molecule has 1 aliphatic heterocycles. The third-order valence-electron chi connectivity index (χ3n) is 8.92. The predicted molar refractivity (Wildman–Crippen MR) is 157 cm³/mol. The number of nitrogens with one attached hydrogen (secondary N) is 1. The first-order valence-corrected chi connectivity index (χ1v) is 14.7. The van der Waals surface area contributed by atoms with E-state index >= 15 is 0 Å². The number of nitrogens with two attached hydrogens (primary N) is 1. The molecule has 0 radical (unpaired) electrons. The summed E-state index contributed by atoms with van der Waals surface area (Å²) in [4.78, 5) is 23.3. The van der Waals surface area contributed by atoms with Gasteiger partial charge in [-0.25, -0.2) is 19.9 Å². The van der Waals surface area contributed by atoms with Gasteiger partial charge in [-0.05, 0) is 62.1 Å². The van der Waals surface area contributed by atoms with Crippen LogP contribution in [0.15, 0.2) is 30.9 Å². The van der Waals surface area contributed by atoms with E-state index in [2.05, 4.69) is 77.7 Å². The molecule has 1 saturated heterocycles. The van der Waals surface area contributed by atoms with Crippen LogP contribution in [0, 0.1) is 5.92 Å². The number of hydrogen-bond acceptors (Lipinski definition) is 9. The molecule has 5 N–H and O–H groups in total. The SMILES string of the molecule is CC(C)N(C[C@H]1O[C@H](n2cnc3c(N)ncnc32)[C@H](O)[C@@H]1O)C1CC(CCc2nc3ccc(C(C)(C)C)cc3[nH]2)C1. The summed E-state index contributed by atoms with van der Waals surface area (Å²) in [7, 11) is 0. The van der Waals surface area contributed by atoms with E-state index in [-0.39, 0.29) is 17.3 Å². The van der Waals surface area contributed by atoms with Crippen LogP contribution in [0.4, 0.5) is 5.82 Å². The van der Waals surface area contributed by atoms with Crippen molar-refractivity contribution in [3.8, 4) is 0 Å². The monoisotopic (exact) mass is 562 g/mol. The van der Waals surface area contributed by atoms with Gasteiger partial charge in [-0.15, -0.1) is 0 Å². The van der Waals surface area contributed by atoms with Gasteiger partial charge in [0.15, 0.2) is 17.7 Å². The van der Waals surface area contributed by atoms with Crippen LogP contribution < -0.4 is 5.73 Å². The van der Waals surface area contributed by atoms with Crippen LogP contribution in [0.5, 0.6) is 0 Å². The maximum atomic E-state index is 10.9. The molecule has 1 aromatic carbocycles. The van der Waals surface area contributed by atoms with Gasteiger partial charge in [0, 0.05) is 25.0 Å². The van der Waals surface area contributed by atoms with Crippen molar-refractivity contribution in [2.24, 2.45) is 5.92 Å². The molecule has 41 heavy (non-hydrogen) atoms. The quantitative estimate of drug-likeness (QED) is 0.253. The molecule has 4 atom stereocenters. The molecule has 1 aliphatic carbocycles. The highest BCUT2D eigenvalue weighted by Gasteiger charge is 2.46. The maximum Gasteiger partial charge on any atom is 0.167 e. The zero-order chi connectivity index (χ0) is 29.1. The van der Waals surface area contributed by atoms with Gasteiger partial charge in [0.1, 0.15) is 36.0 Å². The number of aliphatic hydroxyl groups is 2. The summed E-state index contributed by atoms with van der Waals surface area (Å²) in [6.07, 6.45) is 3.63. The second kappa shape index (κ2) is 10.6. The molecular weight excluding hydrogens is 520 g/mol. The minimum atomic E-state index is -1.11. The number of rotatable bonds is 8. The molecule has 0 spiro atoms. The fraction of sp³-hybridized carbons (Fsp3) is 0.600. The van der Waals surface area contributed by atoms with Crippen molar-refractivity contribution in [2.45, 2.75) is 102 Å². The van der Waals surface area contributed by atoms with E-state index in [1.807, 2.05) is 0 Å². The van der Waals surface area contributed by atoms with Crippen molar-refractivity contribution in [3.63, 3.8) is 0 Å². The smallest absolute Gasteiger partial charge is 0.167 e. The second-order valence-electron chi connectivity index (χ2n) is 13.1. The highest BCUT2D eigenvalue weighted by atomic mass is 16.6. The average molecular weight is 563 g/mol. The Morgan fingerprint density at radius 1 is 1.15 bits per heavy atom. The minimum Gasteiger partial charge on any atom is -0.387 e. The van der Waals surface area contributed by atoms with Gasteiger partial charge < -0.3 is 25.7 Å². The summed E-state index contributed by atoms with van der Waals surface area (Å²) < 4.78 is 7.86. The molecule has 11 nitrogen and oxygen atoms in total. The van der Waals surface area contributed by atoms with Crippen LogP contribution in [0.3, 0.4) is 0 Å². The normalized spacial score (nSPS) is 27.0. The van der Waals surface area contributed by atoms with E-state index in [0.29, 0.717) is 29.7 Å². The predicted octanol–water partition coefficient (Wildman–Crippen LogP) is 3.32. The molecule has 6 rings (SSSR count). The van der Waals surface area contributed by atoms with E-state index < -0.39 is 24.5 Å². The van der Waals surface area contributed by atoms with Gasteiger partial charge in [0.2, 0.25) is 0 Å². The maximum absolute atomic E-state index is 10.9. The van der Waals surface area contributed by atoms with Crippen LogP contribution in [0.2, 0.25) is 0 Å². The van der Waals surface area contributed by atoms with Gasteiger partial charge in [-0.3, -0.25) is 9.47 Å². The van der Waals surface area contributed by atoms with Crippen LogP contribution in [0.1, 0.15) is 71.5 Å². The Kier molecular flexibility index (Phi) is 7.25. The standard InChI is InChI=1S/C30H42N8O3/c1-16(2)37(13-22-25(39)26(40)29(41-22)38-15-34-24-27(31)32-14-33-28(24)38)19-10-17(11-19)6-9-23-35-20-8-7-18(30(3,4)5)12-21(20)36-23/h7-8,12,14-17,19,22,25-26,29,39-40H,6,9-11,13H2,1-5H3,(H,35,36)(H2,31,32,33)/t17?,19?,22-,25-,26-,29+/m1/s1. The Morgan fingerprint density at radius 3 is 2.66 bits per heavy atom. The fourth-order valence-corrected chi connectivity index (χ4v) is 6.35. The first kappa shape index (κ1) is 28.0. The topological polar surface area (TPSA) is 151 Å². The fourth-order valence-electron chi connectivity index (χ4n) is 6.35. The van der Waals surface area contributed by atoms with E-state index in [1.165, 1.54) is 18.2 Å². The Labute approximate surface area is 240 Å². The first-order valence-electron chi connectivity index (χ1n) is 14.7. The third kappa shape index (κ3) is 5.31. The first-order chi connectivity index (χ1) is 19.5. The van der Waals surface area contributed by atoms with Gasteiger partial charge in [-0.1, -0.05) is 26.8 Å². The Bertz CT molecular complexity index is 1520. The third-order valence-corrected chi connectivity index (χ3v) is 8.92. The lowest BCUT2D eigenvalue weighted by atomic mass is 9.76. The van der Waals surface area contributed by atoms with Crippen molar-refractivity contribution in [3.05, 3.63) is 42.2 Å². The zero-order valence-electron chi connectivity index (χ0n) is 24.5. The summed E-state index contributed by atoms with van der Waals surface area (Å²) in [6.45, 7) is 11.6. The average Bonchev–Trinajstić information content (AvgIpc) is 3.58. The van der Waals surface area contributed by atoms with Gasteiger partial charge in [0.05, 0.1) is 17.4 Å². The molecule has 3 aromatic heterocycles. The molecule has 220 valence electrons. The van der Waals surface area contributed by atoms with Gasteiger partial charge in [-0.2, -0.15) is 0 Å². The molecule has 0 unspecified atom stereocenters. The summed E-state index contributed by atoms with van der Waals surface area (Å²) >= 11 is 0. The van der Waals surface area contributed by atoms with Crippen LogP contribution >= 0.6 is 0 Å². The van der Waals surface area contributed by atoms with E-state index in [0.717, 1.165) is 42.5 Å². The van der Waals surface area contributed by atoms with Crippen LogP contribution in [-0.2, 0) is 16.6 Å². The van der Waals surface area contributed by atoms with E-state index in [9.17, 15) is 10.2 Å². The molecule has 2 aliphatic rings. The number of aryl methyl sites for hydroxylation is 1. The van der Waals surface area contributed by atoms with Crippen molar-refractivity contribution in [1.82, 2.24) is 34.4 Å².